The SMILES string of the molecule is Cc1cc(C)c(C(N)C2C3C4CCC(C4)C32)s1. The highest BCUT2D eigenvalue weighted by Gasteiger charge is 2.66. The van der Waals surface area contributed by atoms with Gasteiger partial charge in [0.25, 0.3) is 0 Å². The molecule has 3 saturated carbocycles. The van der Waals surface area contributed by atoms with Gasteiger partial charge in [0.05, 0.1) is 0 Å². The largest absolute Gasteiger partial charge is 0.323 e. The molecule has 3 aliphatic carbocycles. The smallest absolute Gasteiger partial charge is 0.0426 e. The van der Waals surface area contributed by atoms with E-state index >= 15 is 0 Å². The Morgan fingerprint density at radius 2 is 1.88 bits per heavy atom. The van der Waals surface area contributed by atoms with Crippen LogP contribution >= 0.6 is 11.3 Å². The first-order valence-corrected chi connectivity index (χ1v) is 7.81. The zero-order chi connectivity index (χ0) is 11.7. The number of rotatable bonds is 2. The van der Waals surface area contributed by atoms with Gasteiger partial charge in [-0.25, -0.2) is 0 Å². The average Bonchev–Trinajstić information content (AvgIpc) is 2.59. The van der Waals surface area contributed by atoms with Crippen molar-refractivity contribution in [2.75, 3.05) is 0 Å². The van der Waals surface area contributed by atoms with Crippen molar-refractivity contribution in [2.24, 2.45) is 35.3 Å². The van der Waals surface area contributed by atoms with Gasteiger partial charge in [-0.05, 0) is 74.3 Å². The summed E-state index contributed by atoms with van der Waals surface area (Å²) in [6.07, 6.45) is 4.52. The lowest BCUT2D eigenvalue weighted by atomic mass is 9.96. The molecule has 5 unspecified atom stereocenters. The summed E-state index contributed by atoms with van der Waals surface area (Å²) in [6, 6.07) is 2.64. The van der Waals surface area contributed by atoms with Crippen molar-refractivity contribution < 1.29 is 0 Å². The number of hydrogen-bond donors (Lipinski definition) is 1. The summed E-state index contributed by atoms with van der Waals surface area (Å²) in [5.41, 5.74) is 8.00. The molecule has 4 rings (SSSR count). The van der Waals surface area contributed by atoms with Gasteiger partial charge in [0.2, 0.25) is 0 Å². The average molecular weight is 247 g/mol. The predicted molar refractivity (Wildman–Crippen MR) is 72.0 cm³/mol. The number of thiophene rings is 1. The fourth-order valence-electron chi connectivity index (χ4n) is 5.04. The molecule has 0 aliphatic heterocycles. The molecule has 0 radical (unpaired) electrons. The van der Waals surface area contributed by atoms with Crippen molar-refractivity contribution in [1.29, 1.82) is 0 Å². The molecular formula is C15H21NS. The van der Waals surface area contributed by atoms with Crippen LogP contribution in [0.2, 0.25) is 0 Å². The fourth-order valence-corrected chi connectivity index (χ4v) is 6.13. The van der Waals surface area contributed by atoms with Crippen LogP contribution in [0.15, 0.2) is 6.07 Å². The monoisotopic (exact) mass is 247 g/mol. The van der Waals surface area contributed by atoms with Gasteiger partial charge in [0.15, 0.2) is 0 Å². The van der Waals surface area contributed by atoms with E-state index in [1.165, 1.54) is 34.6 Å². The Labute approximate surface area is 107 Å². The highest BCUT2D eigenvalue weighted by Crippen LogP contribution is 2.72. The second kappa shape index (κ2) is 3.36. The minimum atomic E-state index is 0.340. The van der Waals surface area contributed by atoms with E-state index in [0.717, 1.165) is 29.6 Å². The highest BCUT2D eigenvalue weighted by atomic mass is 32.1. The number of hydrogen-bond acceptors (Lipinski definition) is 2. The molecule has 92 valence electrons. The maximum Gasteiger partial charge on any atom is 0.0426 e. The summed E-state index contributed by atoms with van der Waals surface area (Å²) >= 11 is 1.93. The molecule has 1 heterocycles. The van der Waals surface area contributed by atoms with Crippen molar-refractivity contribution in [3.8, 4) is 0 Å². The molecule has 0 spiro atoms. The van der Waals surface area contributed by atoms with E-state index in [0.29, 0.717) is 6.04 Å². The Kier molecular flexibility index (Phi) is 2.09. The van der Waals surface area contributed by atoms with Gasteiger partial charge in [-0.1, -0.05) is 0 Å². The third kappa shape index (κ3) is 1.34. The van der Waals surface area contributed by atoms with Crippen LogP contribution in [-0.4, -0.2) is 0 Å². The summed E-state index contributed by atoms with van der Waals surface area (Å²) in [5, 5.41) is 0. The van der Waals surface area contributed by atoms with Crippen LogP contribution in [0.5, 0.6) is 0 Å². The van der Waals surface area contributed by atoms with E-state index in [4.69, 9.17) is 5.73 Å². The van der Waals surface area contributed by atoms with Crippen molar-refractivity contribution in [3.05, 3.63) is 21.4 Å². The minimum absolute atomic E-state index is 0.340. The molecule has 3 aliphatic rings. The first-order valence-electron chi connectivity index (χ1n) is 6.99. The van der Waals surface area contributed by atoms with Gasteiger partial charge in [-0.3, -0.25) is 0 Å². The molecule has 2 heteroatoms. The molecule has 1 aromatic heterocycles. The molecule has 0 amide bonds. The number of nitrogens with two attached hydrogens (primary N) is 1. The van der Waals surface area contributed by atoms with Gasteiger partial charge >= 0.3 is 0 Å². The molecule has 17 heavy (non-hydrogen) atoms. The van der Waals surface area contributed by atoms with Crippen molar-refractivity contribution >= 4 is 11.3 Å². The second-order valence-corrected chi connectivity index (χ2v) is 7.78. The molecule has 3 fully saturated rings. The van der Waals surface area contributed by atoms with E-state index < -0.39 is 0 Å². The highest BCUT2D eigenvalue weighted by molar-refractivity contribution is 7.12. The molecular weight excluding hydrogens is 226 g/mol. The van der Waals surface area contributed by atoms with Crippen LogP contribution in [0.3, 0.4) is 0 Å². The zero-order valence-corrected chi connectivity index (χ0v) is 11.5. The number of fused-ring (bicyclic) bond motifs is 5. The van der Waals surface area contributed by atoms with Crippen molar-refractivity contribution in [1.82, 2.24) is 0 Å². The van der Waals surface area contributed by atoms with Crippen LogP contribution in [0.1, 0.15) is 40.6 Å². The summed E-state index contributed by atoms with van der Waals surface area (Å²) in [6.45, 7) is 4.43. The lowest BCUT2D eigenvalue weighted by Gasteiger charge is -2.15. The predicted octanol–water partition coefficient (Wildman–Crippen LogP) is 3.66. The first kappa shape index (κ1) is 10.6. The lowest BCUT2D eigenvalue weighted by molar-refractivity contribution is 0.420. The topological polar surface area (TPSA) is 26.0 Å². The Bertz CT molecular complexity index is 447. The summed E-state index contributed by atoms with van der Waals surface area (Å²) in [7, 11) is 0. The van der Waals surface area contributed by atoms with Crippen LogP contribution in [-0.2, 0) is 0 Å². The fraction of sp³-hybridized carbons (Fsp3) is 0.733. The van der Waals surface area contributed by atoms with Gasteiger partial charge in [0, 0.05) is 15.8 Å². The molecule has 1 nitrogen and oxygen atoms in total. The molecule has 5 atom stereocenters. The van der Waals surface area contributed by atoms with Gasteiger partial charge in [0.1, 0.15) is 0 Å². The third-order valence-corrected chi connectivity index (χ3v) is 6.85. The van der Waals surface area contributed by atoms with Gasteiger partial charge in [-0.2, -0.15) is 0 Å². The van der Waals surface area contributed by atoms with Crippen LogP contribution < -0.4 is 5.73 Å². The Hall–Kier alpha value is -0.340. The Balaban J connectivity index is 1.59. The van der Waals surface area contributed by atoms with Crippen molar-refractivity contribution in [3.63, 3.8) is 0 Å². The van der Waals surface area contributed by atoms with Crippen LogP contribution in [0, 0.1) is 43.4 Å². The summed E-state index contributed by atoms with van der Waals surface area (Å²) in [4.78, 5) is 2.89. The molecule has 0 saturated heterocycles. The number of aryl methyl sites for hydroxylation is 2. The third-order valence-electron chi connectivity index (χ3n) is 5.59. The van der Waals surface area contributed by atoms with Crippen LogP contribution in [0.25, 0.3) is 0 Å². The maximum atomic E-state index is 6.57. The Morgan fingerprint density at radius 1 is 1.24 bits per heavy atom. The quantitative estimate of drug-likeness (QED) is 0.848. The molecule has 0 aromatic carbocycles. The molecule has 1 aromatic rings. The standard InChI is InChI=1S/C15H21NS/c1-7-5-8(2)17-15(7)14(16)13-11-9-3-4-10(6-9)12(11)13/h5,9-14H,3-4,6,16H2,1-2H3. The summed E-state index contributed by atoms with van der Waals surface area (Å²) in [5.74, 6) is 4.93. The van der Waals surface area contributed by atoms with E-state index in [1.54, 1.807) is 0 Å². The van der Waals surface area contributed by atoms with E-state index in [2.05, 4.69) is 19.9 Å². The zero-order valence-electron chi connectivity index (χ0n) is 10.6. The van der Waals surface area contributed by atoms with Crippen LogP contribution in [0.4, 0.5) is 0 Å². The van der Waals surface area contributed by atoms with Gasteiger partial charge in [-0.15, -0.1) is 11.3 Å². The van der Waals surface area contributed by atoms with E-state index in [9.17, 15) is 0 Å². The second-order valence-electron chi connectivity index (χ2n) is 6.50. The molecule has 2 N–H and O–H groups in total. The Morgan fingerprint density at radius 3 is 2.41 bits per heavy atom. The van der Waals surface area contributed by atoms with Crippen molar-refractivity contribution in [2.45, 2.75) is 39.2 Å². The minimum Gasteiger partial charge on any atom is -0.323 e. The van der Waals surface area contributed by atoms with E-state index in [-0.39, 0.29) is 0 Å². The van der Waals surface area contributed by atoms with E-state index in [1.807, 2.05) is 11.3 Å². The first-order chi connectivity index (χ1) is 8.16. The lowest BCUT2D eigenvalue weighted by Crippen LogP contribution is -2.17. The summed E-state index contributed by atoms with van der Waals surface area (Å²) < 4.78 is 0. The normalized spacial score (nSPS) is 43.8. The molecule has 2 bridgehead atoms. The maximum absolute atomic E-state index is 6.57. The van der Waals surface area contributed by atoms with Gasteiger partial charge < -0.3 is 5.73 Å².